The SMILES string of the molecule is CC(C)(C)c1ccc(OCc2ccc(C(=O)NNC(=O)c3cnc4ccccn4c3=O)cc2)cc1. The van der Waals surface area contributed by atoms with Crippen LogP contribution in [-0.4, -0.2) is 21.2 Å². The minimum Gasteiger partial charge on any atom is -0.489 e. The summed E-state index contributed by atoms with van der Waals surface area (Å²) in [4.78, 5) is 41.4. The summed E-state index contributed by atoms with van der Waals surface area (Å²) in [6.45, 7) is 6.83. The predicted molar refractivity (Wildman–Crippen MR) is 132 cm³/mol. The maximum atomic E-state index is 12.5. The number of hydrogen-bond donors (Lipinski definition) is 2. The number of amides is 2. The Labute approximate surface area is 202 Å². The molecule has 2 amide bonds. The molecule has 0 spiro atoms. The van der Waals surface area contributed by atoms with Gasteiger partial charge in [-0.25, -0.2) is 4.98 Å². The van der Waals surface area contributed by atoms with Crippen molar-refractivity contribution in [3.8, 4) is 5.75 Å². The topological polar surface area (TPSA) is 102 Å². The summed E-state index contributed by atoms with van der Waals surface area (Å²) >= 11 is 0. The van der Waals surface area contributed by atoms with Crippen molar-refractivity contribution in [3.05, 3.63) is 112 Å². The fourth-order valence-electron chi connectivity index (χ4n) is 3.41. The molecular formula is C27H26N4O4. The zero-order valence-corrected chi connectivity index (χ0v) is 19.7. The first-order valence-corrected chi connectivity index (χ1v) is 11.1. The van der Waals surface area contributed by atoms with E-state index >= 15 is 0 Å². The molecule has 2 N–H and O–H groups in total. The molecule has 2 heterocycles. The fourth-order valence-corrected chi connectivity index (χ4v) is 3.41. The molecule has 0 atom stereocenters. The van der Waals surface area contributed by atoms with Crippen LogP contribution in [0.15, 0.2) is 83.9 Å². The number of pyridine rings is 1. The lowest BCUT2D eigenvalue weighted by Crippen LogP contribution is -2.43. The molecule has 2 aromatic heterocycles. The molecule has 0 aliphatic carbocycles. The molecule has 0 saturated carbocycles. The van der Waals surface area contributed by atoms with Gasteiger partial charge in [0.05, 0.1) is 0 Å². The van der Waals surface area contributed by atoms with Crippen molar-refractivity contribution in [1.29, 1.82) is 0 Å². The van der Waals surface area contributed by atoms with E-state index in [0.717, 1.165) is 11.3 Å². The van der Waals surface area contributed by atoms with E-state index in [2.05, 4.69) is 48.7 Å². The van der Waals surface area contributed by atoms with Gasteiger partial charge in [0.2, 0.25) is 0 Å². The van der Waals surface area contributed by atoms with Crippen molar-refractivity contribution >= 4 is 17.5 Å². The van der Waals surface area contributed by atoms with Gasteiger partial charge in [0.25, 0.3) is 17.4 Å². The van der Waals surface area contributed by atoms with Gasteiger partial charge in [-0.15, -0.1) is 0 Å². The molecule has 4 aromatic rings. The van der Waals surface area contributed by atoms with Crippen molar-refractivity contribution < 1.29 is 14.3 Å². The summed E-state index contributed by atoms with van der Waals surface area (Å²) in [5.41, 5.74) is 6.84. The van der Waals surface area contributed by atoms with Crippen molar-refractivity contribution in [2.75, 3.05) is 0 Å². The van der Waals surface area contributed by atoms with Crippen LogP contribution in [0.3, 0.4) is 0 Å². The Hall–Kier alpha value is -4.46. The van der Waals surface area contributed by atoms with E-state index in [1.165, 1.54) is 22.4 Å². The highest BCUT2D eigenvalue weighted by Crippen LogP contribution is 2.24. The molecule has 0 saturated heterocycles. The zero-order chi connectivity index (χ0) is 25.0. The van der Waals surface area contributed by atoms with Crippen LogP contribution in [0.25, 0.3) is 5.65 Å². The first-order chi connectivity index (χ1) is 16.7. The lowest BCUT2D eigenvalue weighted by molar-refractivity contribution is 0.0845. The molecule has 4 rings (SSSR count). The van der Waals surface area contributed by atoms with Gasteiger partial charge >= 0.3 is 0 Å². The molecule has 8 nitrogen and oxygen atoms in total. The number of carbonyl (C=O) groups excluding carboxylic acids is 2. The molecule has 0 unspecified atom stereocenters. The van der Waals surface area contributed by atoms with E-state index in [0.29, 0.717) is 17.8 Å². The van der Waals surface area contributed by atoms with E-state index in [1.54, 1.807) is 42.5 Å². The average molecular weight is 471 g/mol. The molecule has 178 valence electrons. The zero-order valence-electron chi connectivity index (χ0n) is 19.7. The third-order valence-electron chi connectivity index (χ3n) is 5.49. The smallest absolute Gasteiger partial charge is 0.276 e. The summed E-state index contributed by atoms with van der Waals surface area (Å²) in [7, 11) is 0. The van der Waals surface area contributed by atoms with Gasteiger partial charge in [0.15, 0.2) is 0 Å². The van der Waals surface area contributed by atoms with Crippen LogP contribution < -0.4 is 21.1 Å². The van der Waals surface area contributed by atoms with Gasteiger partial charge in [0, 0.05) is 18.0 Å². The maximum Gasteiger partial charge on any atom is 0.276 e. The molecular weight excluding hydrogens is 444 g/mol. The molecule has 2 aromatic carbocycles. The number of hydrogen-bond acceptors (Lipinski definition) is 5. The van der Waals surface area contributed by atoms with Gasteiger partial charge in [-0.05, 0) is 52.9 Å². The highest BCUT2D eigenvalue weighted by Gasteiger charge is 2.15. The number of nitrogens with zero attached hydrogens (tertiary/aromatic N) is 2. The molecule has 0 fully saturated rings. The number of hydrazine groups is 1. The Bertz CT molecular complexity index is 1420. The van der Waals surface area contributed by atoms with Crippen molar-refractivity contribution in [1.82, 2.24) is 20.2 Å². The van der Waals surface area contributed by atoms with E-state index in [4.69, 9.17) is 4.74 Å². The average Bonchev–Trinajstić information content (AvgIpc) is 2.86. The number of nitrogens with one attached hydrogen (secondary N) is 2. The minimum atomic E-state index is -0.753. The standard InChI is InChI=1S/C27H26N4O4/c1-27(2,3)20-11-13-21(14-12-20)35-17-18-7-9-19(10-8-18)24(32)29-30-25(33)22-16-28-23-6-4-5-15-31(23)26(22)34/h4-16H,17H2,1-3H3,(H,29,32)(H,30,33). The minimum absolute atomic E-state index is 0.0804. The summed E-state index contributed by atoms with van der Waals surface area (Å²) < 4.78 is 7.10. The second-order valence-corrected chi connectivity index (χ2v) is 9.07. The van der Waals surface area contributed by atoms with E-state index in [1.807, 2.05) is 12.1 Å². The Morgan fingerprint density at radius 2 is 1.60 bits per heavy atom. The first-order valence-electron chi connectivity index (χ1n) is 11.1. The molecule has 0 bridgehead atoms. The number of benzene rings is 2. The largest absolute Gasteiger partial charge is 0.489 e. The van der Waals surface area contributed by atoms with E-state index < -0.39 is 17.4 Å². The Kier molecular flexibility index (Phi) is 6.64. The molecule has 0 aliphatic rings. The van der Waals surface area contributed by atoms with Gasteiger partial charge in [0.1, 0.15) is 23.6 Å². The van der Waals surface area contributed by atoms with Crippen molar-refractivity contribution in [3.63, 3.8) is 0 Å². The summed E-state index contributed by atoms with van der Waals surface area (Å²) in [6, 6.07) is 19.9. The van der Waals surface area contributed by atoms with Gasteiger partial charge < -0.3 is 4.74 Å². The molecule has 0 aliphatic heterocycles. The number of rotatable bonds is 5. The Morgan fingerprint density at radius 1 is 0.914 bits per heavy atom. The quantitative estimate of drug-likeness (QED) is 0.434. The van der Waals surface area contributed by atoms with Crippen LogP contribution in [0, 0.1) is 0 Å². The summed E-state index contributed by atoms with van der Waals surface area (Å²) in [5, 5.41) is 0. The van der Waals surface area contributed by atoms with Crippen molar-refractivity contribution in [2.24, 2.45) is 0 Å². The monoisotopic (exact) mass is 470 g/mol. The van der Waals surface area contributed by atoms with Crippen LogP contribution in [0.2, 0.25) is 0 Å². The first kappa shape index (κ1) is 23.7. The number of fused-ring (bicyclic) bond motifs is 1. The molecule has 35 heavy (non-hydrogen) atoms. The Balaban J connectivity index is 1.32. The van der Waals surface area contributed by atoms with Crippen LogP contribution in [0.1, 0.15) is 52.6 Å². The second kappa shape index (κ2) is 9.80. The Morgan fingerprint density at radius 3 is 2.29 bits per heavy atom. The number of ether oxygens (including phenoxy) is 1. The van der Waals surface area contributed by atoms with Gasteiger partial charge in [-0.2, -0.15) is 0 Å². The fraction of sp³-hybridized carbons (Fsp3) is 0.185. The third-order valence-corrected chi connectivity index (χ3v) is 5.49. The number of carbonyl (C=O) groups is 2. The van der Waals surface area contributed by atoms with Crippen molar-refractivity contribution in [2.45, 2.75) is 32.8 Å². The van der Waals surface area contributed by atoms with Crippen LogP contribution in [0.5, 0.6) is 5.75 Å². The maximum absolute atomic E-state index is 12.5. The summed E-state index contributed by atoms with van der Waals surface area (Å²) in [6.07, 6.45) is 2.71. The van der Waals surface area contributed by atoms with Crippen LogP contribution in [-0.2, 0) is 12.0 Å². The molecule has 0 radical (unpaired) electrons. The van der Waals surface area contributed by atoms with Crippen LogP contribution in [0.4, 0.5) is 0 Å². The van der Waals surface area contributed by atoms with Crippen LogP contribution >= 0.6 is 0 Å². The predicted octanol–water partition coefficient (Wildman–Crippen LogP) is 3.65. The third kappa shape index (κ3) is 5.55. The lowest BCUT2D eigenvalue weighted by Gasteiger charge is -2.19. The highest BCUT2D eigenvalue weighted by molar-refractivity contribution is 5.98. The van der Waals surface area contributed by atoms with Gasteiger partial charge in [-0.1, -0.05) is 51.1 Å². The summed E-state index contributed by atoms with van der Waals surface area (Å²) in [5.74, 6) is -0.504. The van der Waals surface area contributed by atoms with Gasteiger partial charge in [-0.3, -0.25) is 29.6 Å². The highest BCUT2D eigenvalue weighted by atomic mass is 16.5. The lowest BCUT2D eigenvalue weighted by atomic mass is 9.87. The van der Waals surface area contributed by atoms with E-state index in [-0.39, 0.29) is 11.0 Å². The molecule has 8 heteroatoms. The number of aromatic nitrogens is 2. The van der Waals surface area contributed by atoms with E-state index in [9.17, 15) is 14.4 Å². The normalized spacial score (nSPS) is 11.2. The second-order valence-electron chi connectivity index (χ2n) is 9.07.